The summed E-state index contributed by atoms with van der Waals surface area (Å²) in [5, 5.41) is 13.8. The lowest BCUT2D eigenvalue weighted by Crippen LogP contribution is -2.45. The number of β-amino-alcohol motifs (C(OH)–C–C–N with tert-alkyl or cyclic N) is 1. The van der Waals surface area contributed by atoms with Crippen molar-refractivity contribution in [1.82, 2.24) is 10.2 Å². The molecule has 1 saturated heterocycles. The molecule has 2 aliphatic rings. The number of aliphatic hydroxyl groups is 1. The second-order valence-electron chi connectivity index (χ2n) is 5.98. The van der Waals surface area contributed by atoms with Gasteiger partial charge in [0.25, 0.3) is 0 Å². The van der Waals surface area contributed by atoms with E-state index in [2.05, 4.69) is 40.4 Å². The molecule has 0 amide bonds. The third kappa shape index (κ3) is 2.97. The molecule has 0 radical (unpaired) electrons. The van der Waals surface area contributed by atoms with Crippen molar-refractivity contribution in [3.8, 4) is 0 Å². The van der Waals surface area contributed by atoms with Gasteiger partial charge in [0, 0.05) is 52.0 Å². The van der Waals surface area contributed by atoms with Gasteiger partial charge in [-0.2, -0.15) is 0 Å². The maximum Gasteiger partial charge on any atom is 0.0917 e. The number of benzene rings is 1. The van der Waals surface area contributed by atoms with Gasteiger partial charge in [0.2, 0.25) is 0 Å². The van der Waals surface area contributed by atoms with E-state index < -0.39 is 0 Å². The number of hydrogen-bond acceptors (Lipinski definition) is 4. The van der Waals surface area contributed by atoms with E-state index in [9.17, 15) is 5.11 Å². The van der Waals surface area contributed by atoms with Gasteiger partial charge in [-0.1, -0.05) is 12.1 Å². The highest BCUT2D eigenvalue weighted by atomic mass is 16.3. The van der Waals surface area contributed by atoms with Crippen LogP contribution in [0.2, 0.25) is 0 Å². The van der Waals surface area contributed by atoms with Gasteiger partial charge in [0.05, 0.1) is 6.10 Å². The second-order valence-corrected chi connectivity index (χ2v) is 5.98. The van der Waals surface area contributed by atoms with E-state index in [1.807, 2.05) is 0 Å². The first kappa shape index (κ1) is 13.9. The quantitative estimate of drug-likeness (QED) is 0.863. The zero-order valence-electron chi connectivity index (χ0n) is 12.3. The molecule has 2 aliphatic heterocycles. The van der Waals surface area contributed by atoms with Crippen molar-refractivity contribution in [2.24, 2.45) is 0 Å². The van der Waals surface area contributed by atoms with Crippen LogP contribution >= 0.6 is 0 Å². The number of aliphatic hydroxyl groups excluding tert-OH is 1. The van der Waals surface area contributed by atoms with Gasteiger partial charge in [-0.25, -0.2) is 0 Å². The Balaban J connectivity index is 1.71. The minimum atomic E-state index is -0.381. The highest BCUT2D eigenvalue weighted by molar-refractivity contribution is 5.57. The summed E-state index contributed by atoms with van der Waals surface area (Å²) in [6.45, 7) is 5.97. The molecule has 0 saturated carbocycles. The van der Waals surface area contributed by atoms with Crippen molar-refractivity contribution in [3.05, 3.63) is 29.3 Å². The summed E-state index contributed by atoms with van der Waals surface area (Å²) >= 11 is 0. The molecule has 0 bridgehead atoms. The maximum absolute atomic E-state index is 10.5. The molecule has 1 aromatic rings. The lowest BCUT2D eigenvalue weighted by molar-refractivity contribution is 0.105. The first-order valence-corrected chi connectivity index (χ1v) is 7.69. The second kappa shape index (κ2) is 6.12. The molecule has 0 aromatic heterocycles. The van der Waals surface area contributed by atoms with Gasteiger partial charge in [0.1, 0.15) is 0 Å². The van der Waals surface area contributed by atoms with E-state index in [4.69, 9.17) is 0 Å². The van der Waals surface area contributed by atoms with Crippen molar-refractivity contribution < 1.29 is 5.11 Å². The Morgan fingerprint density at radius 2 is 2.05 bits per heavy atom. The summed E-state index contributed by atoms with van der Waals surface area (Å²) in [4.78, 5) is 4.64. The van der Waals surface area contributed by atoms with Crippen LogP contribution in [0.25, 0.3) is 0 Å². The number of rotatable bonds is 3. The van der Waals surface area contributed by atoms with E-state index in [1.54, 1.807) is 0 Å². The molecule has 110 valence electrons. The summed E-state index contributed by atoms with van der Waals surface area (Å²) in [5.74, 6) is 0. The molecule has 2 heterocycles. The molecule has 4 nitrogen and oxygen atoms in total. The molecule has 3 rings (SSSR count). The van der Waals surface area contributed by atoms with Gasteiger partial charge >= 0.3 is 0 Å². The number of nitrogens with one attached hydrogen (secondary N) is 1. The van der Waals surface area contributed by atoms with E-state index in [0.29, 0.717) is 0 Å². The van der Waals surface area contributed by atoms with Gasteiger partial charge in [-0.3, -0.25) is 4.90 Å². The Kier molecular flexibility index (Phi) is 4.24. The highest BCUT2D eigenvalue weighted by Crippen LogP contribution is 2.29. The first-order valence-electron chi connectivity index (χ1n) is 7.69. The van der Waals surface area contributed by atoms with Gasteiger partial charge in [-0.15, -0.1) is 0 Å². The van der Waals surface area contributed by atoms with Crippen LogP contribution in [0.5, 0.6) is 0 Å². The fraction of sp³-hybridized carbons (Fsp3) is 0.625. The van der Waals surface area contributed by atoms with Crippen LogP contribution in [0.3, 0.4) is 0 Å². The number of nitrogens with zero attached hydrogens (tertiary/aromatic N) is 2. The maximum atomic E-state index is 10.5. The van der Waals surface area contributed by atoms with Crippen molar-refractivity contribution >= 4 is 5.69 Å². The van der Waals surface area contributed by atoms with Crippen LogP contribution in [0.1, 0.15) is 23.7 Å². The Labute approximate surface area is 121 Å². The fourth-order valence-electron chi connectivity index (χ4n) is 3.23. The summed E-state index contributed by atoms with van der Waals surface area (Å²) in [5.41, 5.74) is 3.76. The van der Waals surface area contributed by atoms with Crippen LogP contribution in [-0.4, -0.2) is 56.3 Å². The van der Waals surface area contributed by atoms with Crippen molar-refractivity contribution in [2.45, 2.75) is 18.9 Å². The van der Waals surface area contributed by atoms with Crippen molar-refractivity contribution in [3.63, 3.8) is 0 Å². The average molecular weight is 275 g/mol. The molecule has 1 fully saturated rings. The first-order chi connectivity index (χ1) is 9.74. The predicted molar refractivity (Wildman–Crippen MR) is 82.3 cm³/mol. The lowest BCUT2D eigenvalue weighted by atomic mass is 9.98. The molecule has 20 heavy (non-hydrogen) atoms. The van der Waals surface area contributed by atoms with E-state index in [0.717, 1.165) is 51.3 Å². The Morgan fingerprint density at radius 3 is 2.85 bits per heavy atom. The zero-order chi connectivity index (χ0) is 13.9. The molecular formula is C16H25N3O. The molecule has 1 atom stereocenters. The molecule has 4 heteroatoms. The van der Waals surface area contributed by atoms with Gasteiger partial charge < -0.3 is 15.3 Å². The minimum Gasteiger partial charge on any atom is -0.387 e. The van der Waals surface area contributed by atoms with Crippen molar-refractivity contribution in [2.75, 3.05) is 51.2 Å². The number of anilines is 1. The molecule has 0 spiro atoms. The normalized spacial score (nSPS) is 21.6. The molecular weight excluding hydrogens is 250 g/mol. The Hall–Kier alpha value is -1.10. The third-order valence-electron chi connectivity index (χ3n) is 4.49. The SMILES string of the molecule is CN1CCCc2ccc(C(O)CN3CCNCC3)cc21. The Morgan fingerprint density at radius 1 is 1.25 bits per heavy atom. The van der Waals surface area contributed by atoms with Crippen LogP contribution in [0.15, 0.2) is 18.2 Å². The summed E-state index contributed by atoms with van der Waals surface area (Å²) in [7, 11) is 2.14. The molecule has 1 unspecified atom stereocenters. The zero-order valence-corrected chi connectivity index (χ0v) is 12.3. The van der Waals surface area contributed by atoms with Crippen LogP contribution in [0, 0.1) is 0 Å². The van der Waals surface area contributed by atoms with Crippen molar-refractivity contribution in [1.29, 1.82) is 0 Å². The fourth-order valence-corrected chi connectivity index (χ4v) is 3.23. The molecule has 0 aliphatic carbocycles. The van der Waals surface area contributed by atoms with Gasteiger partial charge in [0.15, 0.2) is 0 Å². The largest absolute Gasteiger partial charge is 0.387 e. The highest BCUT2D eigenvalue weighted by Gasteiger charge is 2.19. The van der Waals surface area contributed by atoms with E-state index >= 15 is 0 Å². The average Bonchev–Trinajstić information content (AvgIpc) is 2.48. The number of fused-ring (bicyclic) bond motifs is 1. The number of aryl methyl sites for hydroxylation is 1. The van der Waals surface area contributed by atoms with Gasteiger partial charge in [-0.05, 0) is 30.0 Å². The standard InChI is InChI=1S/C16H25N3O/c1-18-8-2-3-13-4-5-14(11-15(13)18)16(20)12-19-9-6-17-7-10-19/h4-5,11,16-17,20H,2-3,6-10,12H2,1H3. The smallest absolute Gasteiger partial charge is 0.0917 e. The van der Waals surface area contributed by atoms with E-state index in [1.165, 1.54) is 17.7 Å². The Bertz CT molecular complexity index is 457. The number of piperazine rings is 1. The lowest BCUT2D eigenvalue weighted by Gasteiger charge is -2.31. The minimum absolute atomic E-state index is 0.381. The molecule has 1 aromatic carbocycles. The summed E-state index contributed by atoms with van der Waals surface area (Å²) < 4.78 is 0. The summed E-state index contributed by atoms with van der Waals surface area (Å²) in [6.07, 6.45) is 2.01. The van der Waals surface area contributed by atoms with E-state index in [-0.39, 0.29) is 6.10 Å². The predicted octanol–water partition coefficient (Wildman–Crippen LogP) is 1.01. The molecule has 2 N–H and O–H groups in total. The van der Waals surface area contributed by atoms with Crippen LogP contribution in [0.4, 0.5) is 5.69 Å². The van der Waals surface area contributed by atoms with Crippen LogP contribution < -0.4 is 10.2 Å². The van der Waals surface area contributed by atoms with Crippen LogP contribution in [-0.2, 0) is 6.42 Å². The summed E-state index contributed by atoms with van der Waals surface area (Å²) in [6, 6.07) is 6.48. The monoisotopic (exact) mass is 275 g/mol. The number of hydrogen-bond donors (Lipinski definition) is 2. The third-order valence-corrected chi connectivity index (χ3v) is 4.49. The topological polar surface area (TPSA) is 38.7 Å².